The number of anilines is 1. The van der Waals surface area contributed by atoms with Crippen molar-refractivity contribution in [2.75, 3.05) is 11.9 Å². The van der Waals surface area contributed by atoms with E-state index in [1.54, 1.807) is 6.07 Å². The average molecular weight is 220 g/mol. The number of fused-ring (bicyclic) bond motifs is 1. The first kappa shape index (κ1) is 10.7. The van der Waals surface area contributed by atoms with Crippen LogP contribution in [0, 0.1) is 17.1 Å². The summed E-state index contributed by atoms with van der Waals surface area (Å²) >= 11 is 0. The lowest BCUT2D eigenvalue weighted by molar-refractivity contribution is 0.165. The summed E-state index contributed by atoms with van der Waals surface area (Å²) in [5.74, 6) is 0.363. The maximum atomic E-state index is 13.1. The van der Waals surface area contributed by atoms with Crippen molar-refractivity contribution in [3.05, 3.63) is 24.0 Å². The molecule has 1 aromatic carbocycles. The van der Waals surface area contributed by atoms with Crippen molar-refractivity contribution >= 4 is 5.69 Å². The van der Waals surface area contributed by atoms with Gasteiger partial charge in [0.25, 0.3) is 0 Å². The lowest BCUT2D eigenvalue weighted by Crippen LogP contribution is -2.45. The highest BCUT2D eigenvalue weighted by Gasteiger charge is 2.30. The number of likely N-dealkylation sites (N-methyl/N-ethyl adjacent to an activating group) is 1. The van der Waals surface area contributed by atoms with Gasteiger partial charge >= 0.3 is 0 Å². The second-order valence-electron chi connectivity index (χ2n) is 3.98. The number of ether oxygens (including phenoxy) is 1. The van der Waals surface area contributed by atoms with Crippen molar-refractivity contribution in [2.45, 2.75) is 25.5 Å². The molecule has 3 nitrogen and oxygen atoms in total. The quantitative estimate of drug-likeness (QED) is 0.728. The van der Waals surface area contributed by atoms with Crippen molar-refractivity contribution in [3.63, 3.8) is 0 Å². The molecule has 0 aliphatic carbocycles. The molecule has 2 atom stereocenters. The van der Waals surface area contributed by atoms with Gasteiger partial charge < -0.3 is 9.64 Å². The fourth-order valence-electron chi connectivity index (χ4n) is 1.90. The molecule has 0 saturated heterocycles. The third kappa shape index (κ3) is 1.69. The number of halogens is 1. The van der Waals surface area contributed by atoms with Crippen molar-refractivity contribution in [3.8, 4) is 11.8 Å². The summed E-state index contributed by atoms with van der Waals surface area (Å²) in [5, 5.41) is 8.71. The van der Waals surface area contributed by atoms with E-state index in [0.29, 0.717) is 12.2 Å². The molecule has 4 heteroatoms. The Morgan fingerprint density at radius 1 is 1.56 bits per heavy atom. The van der Waals surface area contributed by atoms with Gasteiger partial charge in [-0.05, 0) is 19.1 Å². The third-order valence-corrected chi connectivity index (χ3v) is 3.02. The minimum atomic E-state index is -0.278. The van der Waals surface area contributed by atoms with Crippen molar-refractivity contribution < 1.29 is 9.13 Å². The van der Waals surface area contributed by atoms with Crippen LogP contribution >= 0.6 is 0 Å². The highest BCUT2D eigenvalue weighted by atomic mass is 19.1. The molecule has 84 valence electrons. The van der Waals surface area contributed by atoms with E-state index in [1.807, 2.05) is 18.9 Å². The van der Waals surface area contributed by atoms with Crippen LogP contribution in [0.1, 0.15) is 13.3 Å². The fourth-order valence-corrected chi connectivity index (χ4v) is 1.90. The van der Waals surface area contributed by atoms with E-state index in [-0.39, 0.29) is 18.0 Å². The van der Waals surface area contributed by atoms with Crippen LogP contribution in [0.15, 0.2) is 18.2 Å². The number of hydrogen-bond donors (Lipinski definition) is 0. The van der Waals surface area contributed by atoms with E-state index in [0.717, 1.165) is 5.69 Å². The lowest BCUT2D eigenvalue weighted by atomic mass is 10.1. The van der Waals surface area contributed by atoms with Gasteiger partial charge in [-0.3, -0.25) is 0 Å². The van der Waals surface area contributed by atoms with Gasteiger partial charge in [-0.25, -0.2) is 4.39 Å². The van der Waals surface area contributed by atoms with Crippen LogP contribution in [0.5, 0.6) is 5.75 Å². The van der Waals surface area contributed by atoms with E-state index in [9.17, 15) is 4.39 Å². The van der Waals surface area contributed by atoms with Crippen LogP contribution in [-0.2, 0) is 0 Å². The summed E-state index contributed by atoms with van der Waals surface area (Å²) < 4.78 is 18.8. The molecule has 1 aromatic rings. The first-order valence-corrected chi connectivity index (χ1v) is 5.19. The maximum Gasteiger partial charge on any atom is 0.143 e. The zero-order chi connectivity index (χ0) is 11.7. The third-order valence-electron chi connectivity index (χ3n) is 3.02. The summed E-state index contributed by atoms with van der Waals surface area (Å²) in [6, 6.07) is 6.60. The fraction of sp³-hybridized carbons (Fsp3) is 0.417. The SMILES string of the molecule is CC1C(CC#N)Oc2ccc(F)cc2N1C. The zero-order valence-corrected chi connectivity index (χ0v) is 9.27. The van der Waals surface area contributed by atoms with Gasteiger partial charge in [0.05, 0.1) is 24.2 Å². The molecule has 2 unspecified atom stereocenters. The topological polar surface area (TPSA) is 36.3 Å². The van der Waals surface area contributed by atoms with Crippen LogP contribution in [0.2, 0.25) is 0 Å². The van der Waals surface area contributed by atoms with E-state index in [1.165, 1.54) is 12.1 Å². The smallest absolute Gasteiger partial charge is 0.143 e. The van der Waals surface area contributed by atoms with Gasteiger partial charge in [0.15, 0.2) is 0 Å². The number of benzene rings is 1. The Kier molecular flexibility index (Phi) is 2.69. The molecule has 16 heavy (non-hydrogen) atoms. The molecule has 0 bridgehead atoms. The van der Waals surface area contributed by atoms with Gasteiger partial charge in [0.1, 0.15) is 17.7 Å². The predicted molar refractivity (Wildman–Crippen MR) is 58.9 cm³/mol. The average Bonchev–Trinajstić information content (AvgIpc) is 2.27. The normalized spacial score (nSPS) is 23.2. The number of rotatable bonds is 1. The molecule has 0 amide bonds. The van der Waals surface area contributed by atoms with Gasteiger partial charge in [0.2, 0.25) is 0 Å². The Bertz CT molecular complexity index is 441. The lowest BCUT2D eigenvalue weighted by Gasteiger charge is -2.38. The Hall–Kier alpha value is -1.76. The molecule has 0 spiro atoms. The van der Waals surface area contributed by atoms with Gasteiger partial charge in [-0.15, -0.1) is 0 Å². The van der Waals surface area contributed by atoms with E-state index >= 15 is 0 Å². The highest BCUT2D eigenvalue weighted by Crippen LogP contribution is 2.36. The van der Waals surface area contributed by atoms with Gasteiger partial charge in [-0.1, -0.05) is 0 Å². The Morgan fingerprint density at radius 3 is 3.00 bits per heavy atom. The van der Waals surface area contributed by atoms with Crippen LogP contribution < -0.4 is 9.64 Å². The molecule has 0 fully saturated rings. The molecular weight excluding hydrogens is 207 g/mol. The first-order valence-electron chi connectivity index (χ1n) is 5.19. The van der Waals surface area contributed by atoms with Crippen LogP contribution in [0.25, 0.3) is 0 Å². The predicted octanol–water partition coefficient (Wildman–Crippen LogP) is 2.33. The summed E-state index contributed by atoms with van der Waals surface area (Å²) in [4.78, 5) is 1.95. The van der Waals surface area contributed by atoms with Crippen LogP contribution in [-0.4, -0.2) is 19.2 Å². The highest BCUT2D eigenvalue weighted by molar-refractivity contribution is 5.60. The number of nitrogens with zero attached hydrogens (tertiary/aromatic N) is 2. The molecule has 1 heterocycles. The summed E-state index contributed by atoms with van der Waals surface area (Å²) in [5.41, 5.74) is 0.738. The van der Waals surface area contributed by atoms with Gasteiger partial charge in [0, 0.05) is 13.1 Å². The Morgan fingerprint density at radius 2 is 2.31 bits per heavy atom. The molecule has 0 radical (unpaired) electrons. The molecule has 2 rings (SSSR count). The maximum absolute atomic E-state index is 13.1. The van der Waals surface area contributed by atoms with Crippen LogP contribution in [0.3, 0.4) is 0 Å². The minimum absolute atomic E-state index is 0.0638. The largest absolute Gasteiger partial charge is 0.485 e. The summed E-state index contributed by atoms with van der Waals surface area (Å²) in [6.45, 7) is 1.97. The summed E-state index contributed by atoms with van der Waals surface area (Å²) in [7, 11) is 1.88. The Balaban J connectivity index is 2.37. The molecular formula is C12H13FN2O. The first-order chi connectivity index (χ1) is 7.63. The standard InChI is InChI=1S/C12H13FN2O/c1-8-11(5-6-14)16-12-4-3-9(13)7-10(12)15(8)2/h3-4,7-8,11H,5H2,1-2H3. The minimum Gasteiger partial charge on any atom is -0.485 e. The van der Waals surface area contributed by atoms with E-state index in [2.05, 4.69) is 6.07 Å². The van der Waals surface area contributed by atoms with Crippen molar-refractivity contribution in [2.24, 2.45) is 0 Å². The number of nitriles is 1. The molecule has 0 N–H and O–H groups in total. The molecule has 1 aliphatic rings. The second kappa shape index (κ2) is 4.01. The van der Waals surface area contributed by atoms with E-state index < -0.39 is 0 Å². The monoisotopic (exact) mass is 220 g/mol. The van der Waals surface area contributed by atoms with Crippen LogP contribution in [0.4, 0.5) is 10.1 Å². The van der Waals surface area contributed by atoms with E-state index in [4.69, 9.17) is 10.00 Å². The molecule has 0 saturated carbocycles. The Labute approximate surface area is 94.0 Å². The number of hydrogen-bond acceptors (Lipinski definition) is 3. The van der Waals surface area contributed by atoms with Crippen molar-refractivity contribution in [1.29, 1.82) is 5.26 Å². The second-order valence-corrected chi connectivity index (χ2v) is 3.98. The van der Waals surface area contributed by atoms with Crippen molar-refractivity contribution in [1.82, 2.24) is 0 Å². The molecule has 0 aromatic heterocycles. The zero-order valence-electron chi connectivity index (χ0n) is 9.27. The molecule has 1 aliphatic heterocycles. The summed E-state index contributed by atoms with van der Waals surface area (Å²) in [6.07, 6.45) is 0.176. The van der Waals surface area contributed by atoms with Gasteiger partial charge in [-0.2, -0.15) is 5.26 Å².